The van der Waals surface area contributed by atoms with Crippen molar-refractivity contribution in [1.82, 2.24) is 4.90 Å². The molecule has 2 nitrogen and oxygen atoms in total. The number of nitrogens with two attached hydrogens (primary N) is 1. The van der Waals surface area contributed by atoms with E-state index in [1.54, 1.807) is 0 Å². The zero-order valence-electron chi connectivity index (χ0n) is 14.9. The molecule has 3 rings (SSSR count). The van der Waals surface area contributed by atoms with E-state index in [4.69, 9.17) is 5.73 Å². The second-order valence-corrected chi connectivity index (χ2v) is 7.93. The largest absolute Gasteiger partial charge is 0.399 e. The average molecular weight is 424 g/mol. The Balaban J connectivity index is 0.00000225. The first-order valence-electron chi connectivity index (χ1n) is 8.92. The molecule has 0 unspecified atom stereocenters. The van der Waals surface area contributed by atoms with E-state index >= 15 is 0 Å². The average Bonchev–Trinajstić information content (AvgIpc) is 2.58. The summed E-state index contributed by atoms with van der Waals surface area (Å²) in [6.45, 7) is 5.76. The van der Waals surface area contributed by atoms with Gasteiger partial charge in [-0.3, -0.25) is 0 Å². The molecular formula is C21H28BrClN2. The van der Waals surface area contributed by atoms with Crippen LogP contribution in [-0.4, -0.2) is 24.5 Å². The fraction of sp³-hybridized carbons (Fsp3) is 0.429. The number of anilines is 1. The van der Waals surface area contributed by atoms with Gasteiger partial charge in [-0.1, -0.05) is 45.8 Å². The summed E-state index contributed by atoms with van der Waals surface area (Å²) in [6.07, 6.45) is 4.90. The highest BCUT2D eigenvalue weighted by molar-refractivity contribution is 9.10. The topological polar surface area (TPSA) is 29.3 Å². The van der Waals surface area contributed by atoms with Crippen LogP contribution in [0.1, 0.15) is 29.5 Å². The molecule has 1 aliphatic rings. The van der Waals surface area contributed by atoms with Crippen LogP contribution < -0.4 is 5.73 Å². The molecule has 0 radical (unpaired) electrons. The first-order chi connectivity index (χ1) is 11.6. The number of aryl methyl sites for hydroxylation is 1. The number of piperidine rings is 1. The quantitative estimate of drug-likeness (QED) is 0.665. The zero-order valence-corrected chi connectivity index (χ0v) is 17.3. The zero-order chi connectivity index (χ0) is 16.9. The Kier molecular flexibility index (Phi) is 7.80. The Morgan fingerprint density at radius 3 is 2.60 bits per heavy atom. The standard InChI is InChI=1S/C21H27BrN2.ClH/c1-16-5-6-21(22)19(13-16)14-18-8-11-24(12-9-18)10-7-17-3-2-4-20(23)15-17;/h2-6,13,15,18H,7-12,14,23H2,1H3;1H. The molecule has 0 saturated carbocycles. The van der Waals surface area contributed by atoms with Gasteiger partial charge < -0.3 is 10.6 Å². The van der Waals surface area contributed by atoms with Gasteiger partial charge in [-0.2, -0.15) is 0 Å². The number of rotatable bonds is 5. The SMILES string of the molecule is Cc1ccc(Br)c(CC2CCN(CCc3cccc(N)c3)CC2)c1.Cl. The molecule has 0 aromatic heterocycles. The van der Waals surface area contributed by atoms with Gasteiger partial charge in [0.25, 0.3) is 0 Å². The Labute approximate surface area is 166 Å². The highest BCUT2D eigenvalue weighted by atomic mass is 79.9. The van der Waals surface area contributed by atoms with Crippen LogP contribution in [0.3, 0.4) is 0 Å². The fourth-order valence-corrected chi connectivity index (χ4v) is 4.03. The summed E-state index contributed by atoms with van der Waals surface area (Å²) in [4.78, 5) is 2.60. The third-order valence-corrected chi connectivity index (χ3v) is 5.86. The van der Waals surface area contributed by atoms with Crippen LogP contribution in [-0.2, 0) is 12.8 Å². The lowest BCUT2D eigenvalue weighted by atomic mass is 9.89. The van der Waals surface area contributed by atoms with Gasteiger partial charge in [0.05, 0.1) is 0 Å². The van der Waals surface area contributed by atoms with Gasteiger partial charge >= 0.3 is 0 Å². The van der Waals surface area contributed by atoms with Crippen molar-refractivity contribution in [2.24, 2.45) is 5.92 Å². The van der Waals surface area contributed by atoms with Gasteiger partial charge in [0.15, 0.2) is 0 Å². The number of hydrogen-bond donors (Lipinski definition) is 1. The molecule has 25 heavy (non-hydrogen) atoms. The van der Waals surface area contributed by atoms with E-state index in [0.717, 1.165) is 24.6 Å². The maximum atomic E-state index is 5.86. The number of benzene rings is 2. The normalized spacial score (nSPS) is 15.8. The van der Waals surface area contributed by atoms with Crippen LogP contribution in [0.15, 0.2) is 46.9 Å². The van der Waals surface area contributed by atoms with E-state index in [1.165, 1.54) is 53.5 Å². The summed E-state index contributed by atoms with van der Waals surface area (Å²) in [5, 5.41) is 0. The Morgan fingerprint density at radius 1 is 1.12 bits per heavy atom. The van der Waals surface area contributed by atoms with Gasteiger partial charge in [0, 0.05) is 16.7 Å². The Morgan fingerprint density at radius 2 is 1.88 bits per heavy atom. The molecule has 0 spiro atoms. The van der Waals surface area contributed by atoms with Crippen molar-refractivity contribution >= 4 is 34.0 Å². The van der Waals surface area contributed by atoms with Crippen LogP contribution >= 0.6 is 28.3 Å². The summed E-state index contributed by atoms with van der Waals surface area (Å²) in [6, 6.07) is 15.0. The minimum atomic E-state index is 0. The predicted molar refractivity (Wildman–Crippen MR) is 114 cm³/mol. The first-order valence-corrected chi connectivity index (χ1v) is 9.71. The molecule has 2 aromatic rings. The van der Waals surface area contributed by atoms with Crippen LogP contribution in [0.5, 0.6) is 0 Å². The maximum absolute atomic E-state index is 5.86. The number of nitrogen functional groups attached to an aromatic ring is 1. The molecule has 4 heteroatoms. The lowest BCUT2D eigenvalue weighted by Gasteiger charge is -2.32. The second-order valence-electron chi connectivity index (χ2n) is 7.08. The number of halogens is 2. The molecular weight excluding hydrogens is 396 g/mol. The van der Waals surface area contributed by atoms with E-state index in [-0.39, 0.29) is 12.4 Å². The van der Waals surface area contributed by atoms with Crippen molar-refractivity contribution < 1.29 is 0 Å². The lowest BCUT2D eigenvalue weighted by Crippen LogP contribution is -2.35. The molecule has 0 atom stereocenters. The van der Waals surface area contributed by atoms with Crippen molar-refractivity contribution in [3.05, 3.63) is 63.6 Å². The fourth-order valence-electron chi connectivity index (χ4n) is 3.62. The minimum absolute atomic E-state index is 0. The van der Waals surface area contributed by atoms with Crippen LogP contribution in [0.25, 0.3) is 0 Å². The highest BCUT2D eigenvalue weighted by Crippen LogP contribution is 2.26. The van der Waals surface area contributed by atoms with Crippen molar-refractivity contribution in [1.29, 1.82) is 0 Å². The van der Waals surface area contributed by atoms with E-state index in [1.807, 2.05) is 6.07 Å². The molecule has 2 N–H and O–H groups in total. The highest BCUT2D eigenvalue weighted by Gasteiger charge is 2.20. The molecule has 1 heterocycles. The van der Waals surface area contributed by atoms with Gasteiger partial charge in [0.1, 0.15) is 0 Å². The van der Waals surface area contributed by atoms with Gasteiger partial charge in [-0.25, -0.2) is 0 Å². The summed E-state index contributed by atoms with van der Waals surface area (Å²) >= 11 is 3.71. The molecule has 1 aliphatic heterocycles. The Hall–Kier alpha value is -1.03. The molecule has 1 saturated heterocycles. The van der Waals surface area contributed by atoms with Crippen molar-refractivity contribution in [2.75, 3.05) is 25.4 Å². The third kappa shape index (κ3) is 6.02. The molecule has 2 aromatic carbocycles. The van der Waals surface area contributed by atoms with E-state index in [0.29, 0.717) is 0 Å². The summed E-state index contributed by atoms with van der Waals surface area (Å²) < 4.78 is 1.26. The number of hydrogen-bond acceptors (Lipinski definition) is 2. The molecule has 0 bridgehead atoms. The van der Waals surface area contributed by atoms with Gasteiger partial charge in [-0.05, 0) is 80.9 Å². The Bertz CT molecular complexity index is 681. The minimum Gasteiger partial charge on any atom is -0.399 e. The van der Waals surface area contributed by atoms with Crippen molar-refractivity contribution in [3.8, 4) is 0 Å². The lowest BCUT2D eigenvalue weighted by molar-refractivity contribution is 0.186. The molecule has 136 valence electrons. The van der Waals surface area contributed by atoms with E-state index < -0.39 is 0 Å². The third-order valence-electron chi connectivity index (χ3n) is 5.08. The number of likely N-dealkylation sites (tertiary alicyclic amines) is 1. The number of nitrogens with zero attached hydrogens (tertiary/aromatic N) is 1. The maximum Gasteiger partial charge on any atom is 0.0316 e. The van der Waals surface area contributed by atoms with Crippen LogP contribution in [0.4, 0.5) is 5.69 Å². The van der Waals surface area contributed by atoms with Crippen molar-refractivity contribution in [2.45, 2.75) is 32.6 Å². The molecule has 1 fully saturated rings. The summed E-state index contributed by atoms with van der Waals surface area (Å²) in [5.74, 6) is 0.812. The van der Waals surface area contributed by atoms with Crippen LogP contribution in [0.2, 0.25) is 0 Å². The van der Waals surface area contributed by atoms with Gasteiger partial charge in [-0.15, -0.1) is 12.4 Å². The predicted octanol–water partition coefficient (Wildman–Crippen LogP) is 5.26. The van der Waals surface area contributed by atoms with Crippen LogP contribution in [0, 0.1) is 12.8 Å². The van der Waals surface area contributed by atoms with E-state index in [2.05, 4.69) is 64.2 Å². The molecule has 0 amide bonds. The monoisotopic (exact) mass is 422 g/mol. The summed E-state index contributed by atoms with van der Waals surface area (Å²) in [7, 11) is 0. The van der Waals surface area contributed by atoms with Crippen molar-refractivity contribution in [3.63, 3.8) is 0 Å². The van der Waals surface area contributed by atoms with Gasteiger partial charge in [0.2, 0.25) is 0 Å². The molecule has 0 aliphatic carbocycles. The van der Waals surface area contributed by atoms with E-state index in [9.17, 15) is 0 Å². The summed E-state index contributed by atoms with van der Waals surface area (Å²) in [5.41, 5.74) is 10.9. The smallest absolute Gasteiger partial charge is 0.0316 e. The first kappa shape index (κ1) is 20.3. The second kappa shape index (κ2) is 9.61.